The summed E-state index contributed by atoms with van der Waals surface area (Å²) in [6.07, 6.45) is 1.52. The molecule has 0 unspecified atom stereocenters. The Morgan fingerprint density at radius 1 is 1.35 bits per heavy atom. The summed E-state index contributed by atoms with van der Waals surface area (Å²) in [6, 6.07) is 5.53. The molecule has 0 aliphatic carbocycles. The Bertz CT molecular complexity index is 536. The van der Waals surface area contributed by atoms with Gasteiger partial charge < -0.3 is 10.5 Å². The van der Waals surface area contributed by atoms with Crippen LogP contribution >= 0.6 is 11.6 Å². The lowest BCUT2D eigenvalue weighted by atomic mass is 10.3. The molecule has 1 aromatic carbocycles. The number of benzene rings is 1. The van der Waals surface area contributed by atoms with E-state index in [0.717, 1.165) is 6.07 Å². The molecule has 0 saturated carbocycles. The molecule has 0 aliphatic heterocycles. The highest BCUT2D eigenvalue weighted by Crippen LogP contribution is 2.29. The quantitative estimate of drug-likeness (QED) is 0.913. The Hall–Kier alpha value is -1.72. The highest BCUT2D eigenvalue weighted by atomic mass is 35.5. The molecule has 4 nitrogen and oxygen atoms in total. The summed E-state index contributed by atoms with van der Waals surface area (Å²) in [5.41, 5.74) is 6.22. The zero-order valence-electron chi connectivity index (χ0n) is 8.73. The van der Waals surface area contributed by atoms with Gasteiger partial charge in [-0.05, 0) is 24.3 Å². The number of nitrogens with zero attached hydrogens (tertiary/aromatic N) is 2. The summed E-state index contributed by atoms with van der Waals surface area (Å²) in [5.74, 6) is 0.146. The van der Waals surface area contributed by atoms with Crippen molar-refractivity contribution in [3.05, 3.63) is 46.9 Å². The fraction of sp³-hybridized carbons (Fsp3) is 0.0909. The van der Waals surface area contributed by atoms with E-state index in [1.807, 2.05) is 0 Å². The lowest BCUT2D eigenvalue weighted by Crippen LogP contribution is -2.02. The average molecular weight is 254 g/mol. The first-order valence-electron chi connectivity index (χ1n) is 4.84. The summed E-state index contributed by atoms with van der Waals surface area (Å²) >= 11 is 5.83. The second-order valence-corrected chi connectivity index (χ2v) is 3.65. The SMILES string of the molecule is NCc1ccnnc1Oc1ccc(F)cc1Cl. The maximum Gasteiger partial charge on any atom is 0.243 e. The Balaban J connectivity index is 2.31. The third-order valence-electron chi connectivity index (χ3n) is 2.09. The van der Waals surface area contributed by atoms with Crippen molar-refractivity contribution in [2.75, 3.05) is 0 Å². The first-order chi connectivity index (χ1) is 8.20. The first kappa shape index (κ1) is 11.8. The van der Waals surface area contributed by atoms with Crippen molar-refractivity contribution in [1.82, 2.24) is 10.2 Å². The van der Waals surface area contributed by atoms with E-state index in [0.29, 0.717) is 11.3 Å². The van der Waals surface area contributed by atoms with Crippen LogP contribution in [-0.4, -0.2) is 10.2 Å². The monoisotopic (exact) mass is 253 g/mol. The predicted molar refractivity (Wildman–Crippen MR) is 61.4 cm³/mol. The topological polar surface area (TPSA) is 61.0 Å². The molecule has 0 radical (unpaired) electrons. The summed E-state index contributed by atoms with van der Waals surface area (Å²) in [6.45, 7) is 0.268. The molecule has 1 aromatic heterocycles. The fourth-order valence-electron chi connectivity index (χ4n) is 1.25. The van der Waals surface area contributed by atoms with Crippen LogP contribution in [0.4, 0.5) is 4.39 Å². The minimum atomic E-state index is -0.430. The molecule has 0 atom stereocenters. The normalized spacial score (nSPS) is 10.3. The minimum Gasteiger partial charge on any atom is -0.436 e. The van der Waals surface area contributed by atoms with E-state index in [1.165, 1.54) is 18.3 Å². The Labute approximate surface area is 102 Å². The van der Waals surface area contributed by atoms with E-state index in [1.54, 1.807) is 6.07 Å². The van der Waals surface area contributed by atoms with Gasteiger partial charge >= 0.3 is 0 Å². The van der Waals surface area contributed by atoms with Crippen molar-refractivity contribution in [3.63, 3.8) is 0 Å². The van der Waals surface area contributed by atoms with Crippen LogP contribution < -0.4 is 10.5 Å². The van der Waals surface area contributed by atoms with Gasteiger partial charge in [0.2, 0.25) is 5.88 Å². The highest BCUT2D eigenvalue weighted by molar-refractivity contribution is 6.32. The maximum absolute atomic E-state index is 12.8. The van der Waals surface area contributed by atoms with Gasteiger partial charge in [0.1, 0.15) is 11.6 Å². The van der Waals surface area contributed by atoms with Crippen LogP contribution in [0.25, 0.3) is 0 Å². The average Bonchev–Trinajstić information content (AvgIpc) is 2.33. The standard InChI is InChI=1S/C11H9ClFN3O/c12-9-5-8(13)1-2-10(9)17-11-7(6-14)3-4-15-16-11/h1-5H,6,14H2. The molecule has 0 amide bonds. The van der Waals surface area contributed by atoms with Crippen molar-refractivity contribution in [2.24, 2.45) is 5.73 Å². The van der Waals surface area contributed by atoms with Gasteiger partial charge in [0.15, 0.2) is 0 Å². The number of aromatic nitrogens is 2. The van der Waals surface area contributed by atoms with E-state index in [9.17, 15) is 4.39 Å². The van der Waals surface area contributed by atoms with Gasteiger partial charge in [-0.3, -0.25) is 0 Å². The Morgan fingerprint density at radius 3 is 2.88 bits per heavy atom. The van der Waals surface area contributed by atoms with Crippen molar-refractivity contribution in [1.29, 1.82) is 0 Å². The molecule has 0 bridgehead atoms. The molecule has 0 aliphatic rings. The van der Waals surface area contributed by atoms with Gasteiger partial charge in [0.05, 0.1) is 11.2 Å². The smallest absolute Gasteiger partial charge is 0.243 e. The van der Waals surface area contributed by atoms with E-state index in [2.05, 4.69) is 10.2 Å². The molecule has 88 valence electrons. The van der Waals surface area contributed by atoms with E-state index >= 15 is 0 Å². The first-order valence-corrected chi connectivity index (χ1v) is 5.22. The van der Waals surface area contributed by atoms with E-state index in [-0.39, 0.29) is 17.4 Å². The van der Waals surface area contributed by atoms with Gasteiger partial charge in [-0.15, -0.1) is 5.10 Å². The van der Waals surface area contributed by atoms with E-state index in [4.69, 9.17) is 22.1 Å². The largest absolute Gasteiger partial charge is 0.436 e. The number of halogens is 2. The summed E-state index contributed by atoms with van der Waals surface area (Å²) < 4.78 is 18.3. The zero-order valence-corrected chi connectivity index (χ0v) is 9.49. The summed E-state index contributed by atoms with van der Waals surface area (Å²) in [7, 11) is 0. The van der Waals surface area contributed by atoms with Crippen LogP contribution in [0.15, 0.2) is 30.5 Å². The number of hydrogen-bond acceptors (Lipinski definition) is 4. The molecule has 6 heteroatoms. The van der Waals surface area contributed by atoms with Crippen LogP contribution in [0.3, 0.4) is 0 Å². The zero-order chi connectivity index (χ0) is 12.3. The maximum atomic E-state index is 12.8. The van der Waals surface area contributed by atoms with Gasteiger partial charge in [0, 0.05) is 12.1 Å². The van der Waals surface area contributed by atoms with Crippen LogP contribution in [-0.2, 0) is 6.54 Å². The minimum absolute atomic E-state index is 0.165. The van der Waals surface area contributed by atoms with Gasteiger partial charge in [-0.1, -0.05) is 11.6 Å². The third kappa shape index (κ3) is 2.69. The Kier molecular flexibility index (Phi) is 3.51. The van der Waals surface area contributed by atoms with Gasteiger partial charge in [-0.2, -0.15) is 5.10 Å². The summed E-state index contributed by atoms with van der Waals surface area (Å²) in [4.78, 5) is 0. The van der Waals surface area contributed by atoms with Crippen molar-refractivity contribution >= 4 is 11.6 Å². The fourth-order valence-corrected chi connectivity index (χ4v) is 1.45. The molecule has 0 fully saturated rings. The second kappa shape index (κ2) is 5.07. The molecular weight excluding hydrogens is 245 g/mol. The van der Waals surface area contributed by atoms with Crippen LogP contribution in [0.2, 0.25) is 5.02 Å². The molecule has 0 saturated heterocycles. The molecule has 17 heavy (non-hydrogen) atoms. The number of ether oxygens (including phenoxy) is 1. The van der Waals surface area contributed by atoms with Crippen LogP contribution in [0.5, 0.6) is 11.6 Å². The lowest BCUT2D eigenvalue weighted by molar-refractivity contribution is 0.447. The van der Waals surface area contributed by atoms with Crippen molar-refractivity contribution in [2.45, 2.75) is 6.54 Å². The molecule has 2 rings (SSSR count). The predicted octanol–water partition coefficient (Wildman–Crippen LogP) is 2.52. The molecule has 0 spiro atoms. The lowest BCUT2D eigenvalue weighted by Gasteiger charge is -2.08. The van der Waals surface area contributed by atoms with Crippen LogP contribution in [0.1, 0.15) is 5.56 Å². The molecule has 2 N–H and O–H groups in total. The molecular formula is C11H9ClFN3O. The van der Waals surface area contributed by atoms with Crippen molar-refractivity contribution in [3.8, 4) is 11.6 Å². The van der Waals surface area contributed by atoms with Crippen LogP contribution in [0, 0.1) is 5.82 Å². The van der Waals surface area contributed by atoms with Crippen molar-refractivity contribution < 1.29 is 9.13 Å². The molecule has 2 aromatic rings. The number of nitrogens with two attached hydrogens (primary N) is 1. The number of rotatable bonds is 3. The molecule has 1 heterocycles. The van der Waals surface area contributed by atoms with Gasteiger partial charge in [-0.25, -0.2) is 4.39 Å². The third-order valence-corrected chi connectivity index (χ3v) is 2.38. The highest BCUT2D eigenvalue weighted by Gasteiger charge is 2.09. The second-order valence-electron chi connectivity index (χ2n) is 3.24. The van der Waals surface area contributed by atoms with Gasteiger partial charge in [0.25, 0.3) is 0 Å². The van der Waals surface area contributed by atoms with E-state index < -0.39 is 5.82 Å². The Morgan fingerprint density at radius 2 is 2.18 bits per heavy atom. The summed E-state index contributed by atoms with van der Waals surface area (Å²) in [5, 5.41) is 7.66. The number of hydrogen-bond donors (Lipinski definition) is 1.